The minimum Gasteiger partial charge on any atom is -0.466 e. The van der Waals surface area contributed by atoms with E-state index >= 15 is 0 Å². The molecule has 0 aliphatic rings. The summed E-state index contributed by atoms with van der Waals surface area (Å²) in [6.07, 6.45) is -2.97. The van der Waals surface area contributed by atoms with Gasteiger partial charge >= 0.3 is 6.18 Å². The van der Waals surface area contributed by atoms with E-state index in [1.807, 2.05) is 0 Å². The maximum Gasteiger partial charge on any atom is 0.416 e. The molecule has 2 rings (SSSR count). The summed E-state index contributed by atoms with van der Waals surface area (Å²) in [4.78, 5) is 0. The molecular weight excluding hydrogens is 325 g/mol. The van der Waals surface area contributed by atoms with Crippen molar-refractivity contribution in [2.75, 3.05) is 0 Å². The van der Waals surface area contributed by atoms with Crippen LogP contribution in [0.3, 0.4) is 0 Å². The molecule has 3 N–H and O–H groups in total. The first kappa shape index (κ1) is 14.1. The first-order chi connectivity index (χ1) is 8.93. The SMILES string of the molecule is NNC(c1cccc(C(F)(F)F)c1)c1occc1Br. The predicted molar refractivity (Wildman–Crippen MR) is 67.0 cm³/mol. The van der Waals surface area contributed by atoms with Gasteiger partial charge in [0.05, 0.1) is 16.3 Å². The van der Waals surface area contributed by atoms with Crippen LogP contribution in [-0.2, 0) is 6.18 Å². The Bertz CT molecular complexity index is 568. The number of hydrogen-bond donors (Lipinski definition) is 2. The zero-order valence-corrected chi connectivity index (χ0v) is 11.1. The van der Waals surface area contributed by atoms with Gasteiger partial charge in [0.15, 0.2) is 0 Å². The van der Waals surface area contributed by atoms with Crippen molar-refractivity contribution in [3.63, 3.8) is 0 Å². The fourth-order valence-corrected chi connectivity index (χ4v) is 2.16. The normalized spacial score (nSPS) is 13.5. The monoisotopic (exact) mass is 334 g/mol. The van der Waals surface area contributed by atoms with Crippen LogP contribution in [0, 0.1) is 0 Å². The minimum atomic E-state index is -4.39. The number of nitrogens with two attached hydrogens (primary N) is 1. The Labute approximate surface area is 115 Å². The molecule has 0 aliphatic carbocycles. The van der Waals surface area contributed by atoms with Gasteiger partial charge in [-0.2, -0.15) is 13.2 Å². The number of furan rings is 1. The van der Waals surface area contributed by atoms with Gasteiger partial charge < -0.3 is 4.42 Å². The Hall–Kier alpha value is -1.31. The van der Waals surface area contributed by atoms with Crippen LogP contribution >= 0.6 is 15.9 Å². The summed E-state index contributed by atoms with van der Waals surface area (Å²) in [5.41, 5.74) is 2.09. The highest BCUT2D eigenvalue weighted by Gasteiger charge is 2.31. The molecule has 7 heteroatoms. The molecule has 1 unspecified atom stereocenters. The van der Waals surface area contributed by atoms with Crippen LogP contribution in [0.4, 0.5) is 13.2 Å². The largest absolute Gasteiger partial charge is 0.466 e. The fourth-order valence-electron chi connectivity index (χ4n) is 1.73. The lowest BCUT2D eigenvalue weighted by atomic mass is 10.0. The van der Waals surface area contributed by atoms with Crippen LogP contribution < -0.4 is 11.3 Å². The lowest BCUT2D eigenvalue weighted by Crippen LogP contribution is -2.29. The maximum absolute atomic E-state index is 12.7. The van der Waals surface area contributed by atoms with Crippen molar-refractivity contribution in [2.24, 2.45) is 5.84 Å². The average Bonchev–Trinajstić information content (AvgIpc) is 2.76. The summed E-state index contributed by atoms with van der Waals surface area (Å²) in [5, 5.41) is 0. The minimum absolute atomic E-state index is 0.368. The van der Waals surface area contributed by atoms with Gasteiger partial charge in [-0.05, 0) is 39.7 Å². The first-order valence-electron chi connectivity index (χ1n) is 5.29. The van der Waals surface area contributed by atoms with Crippen LogP contribution in [0.25, 0.3) is 0 Å². The third-order valence-electron chi connectivity index (χ3n) is 2.62. The van der Waals surface area contributed by atoms with Gasteiger partial charge in [0.1, 0.15) is 11.8 Å². The molecule has 0 saturated carbocycles. The highest BCUT2D eigenvalue weighted by Crippen LogP contribution is 2.33. The lowest BCUT2D eigenvalue weighted by molar-refractivity contribution is -0.137. The number of nitrogens with one attached hydrogen (secondary N) is 1. The van der Waals surface area contributed by atoms with E-state index in [0.717, 1.165) is 12.1 Å². The van der Waals surface area contributed by atoms with Crippen molar-refractivity contribution >= 4 is 15.9 Å². The molecule has 102 valence electrons. The second kappa shape index (κ2) is 5.36. The van der Waals surface area contributed by atoms with E-state index in [1.54, 1.807) is 12.1 Å². The zero-order valence-electron chi connectivity index (χ0n) is 9.54. The summed E-state index contributed by atoms with van der Waals surface area (Å²) in [7, 11) is 0. The van der Waals surface area contributed by atoms with Crippen molar-refractivity contribution in [2.45, 2.75) is 12.2 Å². The van der Waals surface area contributed by atoms with Crippen LogP contribution in [0.2, 0.25) is 0 Å². The molecule has 0 saturated heterocycles. The zero-order chi connectivity index (χ0) is 14.0. The van der Waals surface area contributed by atoms with Crippen LogP contribution in [0.1, 0.15) is 22.9 Å². The van der Waals surface area contributed by atoms with Crippen LogP contribution in [0.5, 0.6) is 0 Å². The van der Waals surface area contributed by atoms with Gasteiger partial charge in [-0.3, -0.25) is 5.84 Å². The summed E-state index contributed by atoms with van der Waals surface area (Å²) in [6.45, 7) is 0. The van der Waals surface area contributed by atoms with Crippen molar-refractivity contribution in [1.82, 2.24) is 5.43 Å². The molecule has 0 bridgehead atoms. The van der Waals surface area contributed by atoms with E-state index in [2.05, 4.69) is 21.4 Å². The Kier molecular flexibility index (Phi) is 3.98. The van der Waals surface area contributed by atoms with Crippen LogP contribution in [-0.4, -0.2) is 0 Å². The van der Waals surface area contributed by atoms with E-state index in [-0.39, 0.29) is 0 Å². The summed E-state index contributed by atoms with van der Waals surface area (Å²) in [6, 6.07) is 5.92. The first-order valence-corrected chi connectivity index (χ1v) is 6.09. The van der Waals surface area contributed by atoms with Crippen LogP contribution in [0.15, 0.2) is 45.5 Å². The quantitative estimate of drug-likeness (QED) is 0.665. The Morgan fingerprint density at radius 1 is 1.26 bits per heavy atom. The summed E-state index contributed by atoms with van der Waals surface area (Å²) in [5.74, 6) is 5.83. The molecule has 0 aliphatic heterocycles. The second-order valence-corrected chi connectivity index (χ2v) is 4.71. The number of hydrogen-bond acceptors (Lipinski definition) is 3. The van der Waals surface area contributed by atoms with E-state index in [9.17, 15) is 13.2 Å². The second-order valence-electron chi connectivity index (χ2n) is 3.86. The molecule has 3 nitrogen and oxygen atoms in total. The van der Waals surface area contributed by atoms with Gasteiger partial charge in [-0.25, -0.2) is 5.43 Å². The van der Waals surface area contributed by atoms with E-state index in [0.29, 0.717) is 15.8 Å². The van der Waals surface area contributed by atoms with Gasteiger partial charge in [-0.1, -0.05) is 12.1 Å². The third kappa shape index (κ3) is 2.99. The number of halogens is 4. The number of alkyl halides is 3. The van der Waals surface area contributed by atoms with Gasteiger partial charge in [0.25, 0.3) is 0 Å². The molecule has 1 heterocycles. The van der Waals surface area contributed by atoms with E-state index < -0.39 is 17.8 Å². The third-order valence-corrected chi connectivity index (χ3v) is 3.28. The number of rotatable bonds is 3. The summed E-state index contributed by atoms with van der Waals surface area (Å²) >= 11 is 3.25. The van der Waals surface area contributed by atoms with Gasteiger partial charge in [-0.15, -0.1) is 0 Å². The summed E-state index contributed by atoms with van der Waals surface area (Å²) < 4.78 is 43.9. The van der Waals surface area contributed by atoms with Gasteiger partial charge in [0.2, 0.25) is 0 Å². The standard InChI is InChI=1S/C12H10BrF3N2O/c13-9-4-5-19-11(9)10(18-17)7-2-1-3-8(6-7)12(14,15)16/h1-6,10,18H,17H2. The highest BCUT2D eigenvalue weighted by molar-refractivity contribution is 9.10. The van der Waals surface area contributed by atoms with E-state index in [1.165, 1.54) is 12.3 Å². The molecule has 0 spiro atoms. The van der Waals surface area contributed by atoms with Crippen molar-refractivity contribution in [1.29, 1.82) is 0 Å². The predicted octanol–water partition coefficient (Wildman–Crippen LogP) is 3.61. The fraction of sp³-hybridized carbons (Fsp3) is 0.167. The molecule has 0 radical (unpaired) electrons. The van der Waals surface area contributed by atoms with Crippen molar-refractivity contribution in [3.05, 3.63) is 58.0 Å². The molecule has 19 heavy (non-hydrogen) atoms. The van der Waals surface area contributed by atoms with Gasteiger partial charge in [0, 0.05) is 0 Å². The molecule has 1 aromatic carbocycles. The Morgan fingerprint density at radius 2 is 2.00 bits per heavy atom. The molecule has 1 atom stereocenters. The number of benzene rings is 1. The molecule has 2 aromatic rings. The lowest BCUT2D eigenvalue weighted by Gasteiger charge is -2.16. The maximum atomic E-state index is 12.7. The van der Waals surface area contributed by atoms with Crippen molar-refractivity contribution < 1.29 is 17.6 Å². The molecule has 0 amide bonds. The highest BCUT2D eigenvalue weighted by atomic mass is 79.9. The topological polar surface area (TPSA) is 51.2 Å². The smallest absolute Gasteiger partial charge is 0.416 e. The molecule has 1 aromatic heterocycles. The number of hydrazine groups is 1. The van der Waals surface area contributed by atoms with E-state index in [4.69, 9.17) is 10.3 Å². The Morgan fingerprint density at radius 3 is 2.53 bits per heavy atom. The molecule has 0 fully saturated rings. The van der Waals surface area contributed by atoms with Crippen molar-refractivity contribution in [3.8, 4) is 0 Å². The Balaban J connectivity index is 2.42. The average molecular weight is 335 g/mol. The molecular formula is C12H10BrF3N2O.